The van der Waals surface area contributed by atoms with Crippen LogP contribution in [0.4, 0.5) is 0 Å². The van der Waals surface area contributed by atoms with E-state index in [1.807, 2.05) is 12.1 Å². The molecule has 1 aliphatic heterocycles. The van der Waals surface area contributed by atoms with E-state index in [-0.39, 0.29) is 12.3 Å². The summed E-state index contributed by atoms with van der Waals surface area (Å²) in [7, 11) is -3.44. The fourth-order valence-corrected chi connectivity index (χ4v) is 4.90. The molecule has 0 aliphatic carbocycles. The first kappa shape index (κ1) is 19.3. The molecule has 0 fully saturated rings. The van der Waals surface area contributed by atoms with E-state index in [2.05, 4.69) is 9.97 Å². The van der Waals surface area contributed by atoms with Crippen LogP contribution >= 0.6 is 23.2 Å². The highest BCUT2D eigenvalue weighted by Gasteiger charge is 2.28. The minimum Gasteiger partial charge on any atom is -0.236 e. The van der Waals surface area contributed by atoms with Crippen LogP contribution in [0.15, 0.2) is 54.7 Å². The highest BCUT2D eigenvalue weighted by Crippen LogP contribution is 2.25. The third-order valence-electron chi connectivity index (χ3n) is 4.66. The molecular weight excluding hydrogens is 417 g/mol. The number of hydrogen-bond acceptors (Lipinski definition) is 4. The first-order valence-corrected chi connectivity index (χ1v) is 11.1. The lowest BCUT2D eigenvalue weighted by Gasteiger charge is -2.27. The molecule has 0 atom stereocenters. The lowest BCUT2D eigenvalue weighted by atomic mass is 10.1. The Bertz CT molecular complexity index is 1100. The largest absolute Gasteiger partial charge is 0.236 e. The number of benzene rings is 2. The van der Waals surface area contributed by atoms with Crippen molar-refractivity contribution in [3.8, 4) is 11.4 Å². The summed E-state index contributed by atoms with van der Waals surface area (Å²) in [6, 6.07) is 14.2. The van der Waals surface area contributed by atoms with Crippen LogP contribution in [0.1, 0.15) is 16.8 Å². The van der Waals surface area contributed by atoms with Gasteiger partial charge >= 0.3 is 0 Å². The average Bonchev–Trinajstić information content (AvgIpc) is 2.69. The highest BCUT2D eigenvalue weighted by atomic mass is 35.5. The molecular formula is C20H17Cl2N3O2S. The molecule has 5 nitrogen and oxygen atoms in total. The maximum Gasteiger partial charge on any atom is 0.218 e. The molecule has 4 rings (SSSR count). The Kier molecular flexibility index (Phi) is 5.38. The smallest absolute Gasteiger partial charge is 0.218 e. The highest BCUT2D eigenvalue weighted by molar-refractivity contribution is 7.88. The molecule has 28 heavy (non-hydrogen) atoms. The van der Waals surface area contributed by atoms with E-state index in [9.17, 15) is 8.42 Å². The first-order chi connectivity index (χ1) is 13.4. The van der Waals surface area contributed by atoms with Crippen LogP contribution in [0.25, 0.3) is 11.4 Å². The van der Waals surface area contributed by atoms with Crippen molar-refractivity contribution < 1.29 is 8.42 Å². The van der Waals surface area contributed by atoms with E-state index >= 15 is 0 Å². The molecule has 0 N–H and O–H groups in total. The zero-order valence-corrected chi connectivity index (χ0v) is 17.2. The van der Waals surface area contributed by atoms with Gasteiger partial charge in [-0.3, -0.25) is 0 Å². The molecule has 0 saturated heterocycles. The average molecular weight is 434 g/mol. The zero-order chi connectivity index (χ0) is 19.7. The quantitative estimate of drug-likeness (QED) is 0.613. The standard InChI is InChI=1S/C20H17Cl2N3O2S/c21-17-5-1-14(2-6-17)13-28(26,27)25-10-9-19-16(12-25)11-23-20(24-19)15-3-7-18(22)8-4-15/h1-8,11H,9-10,12-13H2. The maximum atomic E-state index is 12.8. The van der Waals surface area contributed by atoms with E-state index in [1.54, 1.807) is 42.6 Å². The molecule has 0 bridgehead atoms. The number of halogens is 2. The summed E-state index contributed by atoms with van der Waals surface area (Å²) in [6.07, 6.45) is 2.27. The number of sulfonamides is 1. The summed E-state index contributed by atoms with van der Waals surface area (Å²) in [5.74, 6) is 0.566. The van der Waals surface area contributed by atoms with Crippen LogP contribution in [0.2, 0.25) is 10.0 Å². The van der Waals surface area contributed by atoms with Gasteiger partial charge in [-0.25, -0.2) is 18.4 Å². The van der Waals surface area contributed by atoms with Gasteiger partial charge in [0.05, 0.1) is 11.4 Å². The number of nitrogens with zero attached hydrogens (tertiary/aromatic N) is 3. The number of aromatic nitrogens is 2. The molecule has 144 valence electrons. The third kappa shape index (κ3) is 4.20. The van der Waals surface area contributed by atoms with Crippen LogP contribution in [-0.2, 0) is 28.7 Å². The maximum absolute atomic E-state index is 12.8. The zero-order valence-electron chi connectivity index (χ0n) is 14.8. The lowest BCUT2D eigenvalue weighted by molar-refractivity contribution is 0.386. The predicted octanol–water partition coefficient (Wildman–Crippen LogP) is 4.34. The van der Waals surface area contributed by atoms with Crippen LogP contribution < -0.4 is 0 Å². The van der Waals surface area contributed by atoms with Gasteiger partial charge in [0.1, 0.15) is 0 Å². The van der Waals surface area contributed by atoms with Gasteiger partial charge in [0.2, 0.25) is 10.0 Å². The van der Waals surface area contributed by atoms with Gasteiger partial charge in [-0.2, -0.15) is 4.31 Å². The molecule has 0 saturated carbocycles. The summed E-state index contributed by atoms with van der Waals surface area (Å²) >= 11 is 11.8. The number of hydrogen-bond donors (Lipinski definition) is 0. The van der Waals surface area contributed by atoms with Crippen molar-refractivity contribution in [2.45, 2.75) is 18.7 Å². The summed E-state index contributed by atoms with van der Waals surface area (Å²) < 4.78 is 27.1. The van der Waals surface area contributed by atoms with Crippen molar-refractivity contribution in [3.05, 3.63) is 81.6 Å². The molecule has 3 aromatic rings. The third-order valence-corrected chi connectivity index (χ3v) is 6.96. The minimum atomic E-state index is -3.44. The SMILES string of the molecule is O=S(=O)(Cc1ccc(Cl)cc1)N1CCc2nc(-c3ccc(Cl)cc3)ncc2C1. The second kappa shape index (κ2) is 7.79. The van der Waals surface area contributed by atoms with E-state index in [0.717, 1.165) is 16.8 Å². The fourth-order valence-electron chi connectivity index (χ4n) is 3.15. The van der Waals surface area contributed by atoms with E-state index in [4.69, 9.17) is 23.2 Å². The second-order valence-electron chi connectivity index (χ2n) is 6.64. The Balaban J connectivity index is 1.53. The van der Waals surface area contributed by atoms with E-state index < -0.39 is 10.0 Å². The Labute approximate surface area is 174 Å². The van der Waals surface area contributed by atoms with E-state index in [0.29, 0.717) is 34.4 Å². The Morgan fingerprint density at radius 1 is 0.964 bits per heavy atom. The predicted molar refractivity (Wildman–Crippen MR) is 111 cm³/mol. The molecule has 1 aromatic heterocycles. The molecule has 8 heteroatoms. The van der Waals surface area contributed by atoms with Gasteiger partial charge in [-0.05, 0) is 42.0 Å². The van der Waals surface area contributed by atoms with Crippen molar-refractivity contribution in [1.29, 1.82) is 0 Å². The van der Waals surface area contributed by atoms with Gasteiger partial charge in [0.25, 0.3) is 0 Å². The van der Waals surface area contributed by atoms with Crippen LogP contribution in [0.3, 0.4) is 0 Å². The first-order valence-electron chi connectivity index (χ1n) is 8.74. The normalized spacial score (nSPS) is 14.6. The van der Waals surface area contributed by atoms with Crippen molar-refractivity contribution in [2.75, 3.05) is 6.54 Å². The summed E-state index contributed by atoms with van der Waals surface area (Å²) in [5.41, 5.74) is 3.32. The van der Waals surface area contributed by atoms with Crippen LogP contribution in [-0.4, -0.2) is 29.2 Å². The second-order valence-corrected chi connectivity index (χ2v) is 9.48. The molecule has 0 radical (unpaired) electrons. The van der Waals surface area contributed by atoms with Gasteiger partial charge in [-0.15, -0.1) is 0 Å². The van der Waals surface area contributed by atoms with Crippen molar-refractivity contribution in [2.24, 2.45) is 0 Å². The van der Waals surface area contributed by atoms with E-state index in [1.165, 1.54) is 4.31 Å². The van der Waals surface area contributed by atoms with Gasteiger partial charge in [-0.1, -0.05) is 35.3 Å². The monoisotopic (exact) mass is 433 g/mol. The van der Waals surface area contributed by atoms with Crippen LogP contribution in [0.5, 0.6) is 0 Å². The molecule has 0 amide bonds. The van der Waals surface area contributed by atoms with Gasteiger partial charge < -0.3 is 0 Å². The van der Waals surface area contributed by atoms with Crippen molar-refractivity contribution in [1.82, 2.24) is 14.3 Å². The lowest BCUT2D eigenvalue weighted by Crippen LogP contribution is -2.37. The van der Waals surface area contributed by atoms with Crippen molar-refractivity contribution >= 4 is 33.2 Å². The minimum absolute atomic E-state index is 0.0524. The molecule has 2 heterocycles. The molecule has 0 spiro atoms. The number of fused-ring (bicyclic) bond motifs is 1. The van der Waals surface area contributed by atoms with Gasteiger partial charge in [0.15, 0.2) is 5.82 Å². The number of rotatable bonds is 4. The molecule has 1 aliphatic rings. The van der Waals surface area contributed by atoms with Crippen LogP contribution in [0, 0.1) is 0 Å². The summed E-state index contributed by atoms with van der Waals surface area (Å²) in [4.78, 5) is 9.04. The Morgan fingerprint density at radius 3 is 2.29 bits per heavy atom. The van der Waals surface area contributed by atoms with Crippen molar-refractivity contribution in [3.63, 3.8) is 0 Å². The molecule has 0 unspecified atom stereocenters. The topological polar surface area (TPSA) is 63.2 Å². The Hall–Kier alpha value is -1.99. The fraction of sp³-hybridized carbons (Fsp3) is 0.200. The van der Waals surface area contributed by atoms with Gasteiger partial charge in [0, 0.05) is 46.9 Å². The molecule has 2 aromatic carbocycles. The Morgan fingerprint density at radius 2 is 1.61 bits per heavy atom. The summed E-state index contributed by atoms with van der Waals surface area (Å²) in [6.45, 7) is 0.687. The summed E-state index contributed by atoms with van der Waals surface area (Å²) in [5, 5.41) is 1.24.